The average molecular weight is 315 g/mol. The van der Waals surface area contributed by atoms with Crippen molar-refractivity contribution in [2.75, 3.05) is 5.32 Å². The highest BCUT2D eigenvalue weighted by molar-refractivity contribution is 6.05. The van der Waals surface area contributed by atoms with Gasteiger partial charge in [0.1, 0.15) is 0 Å². The Hall–Kier alpha value is -2.75. The maximum Gasteiger partial charge on any atom is 0.255 e. The van der Waals surface area contributed by atoms with Gasteiger partial charge in [-0.2, -0.15) is 0 Å². The lowest BCUT2D eigenvalue weighted by molar-refractivity contribution is 0.102. The van der Waals surface area contributed by atoms with Crippen LogP contribution in [0.1, 0.15) is 52.8 Å². The Morgan fingerprint density at radius 1 is 0.917 bits per heavy atom. The number of hydrogen-bond donors (Lipinski definition) is 1. The Morgan fingerprint density at radius 3 is 2.38 bits per heavy atom. The number of nitrogens with zero attached hydrogens (tertiary/aromatic N) is 2. The van der Waals surface area contributed by atoms with Gasteiger partial charge in [-0.3, -0.25) is 4.79 Å². The van der Waals surface area contributed by atoms with Crippen LogP contribution >= 0.6 is 0 Å². The minimum absolute atomic E-state index is 0.119. The van der Waals surface area contributed by atoms with Gasteiger partial charge >= 0.3 is 0 Å². The first kappa shape index (κ1) is 13.7. The molecule has 1 fully saturated rings. The van der Waals surface area contributed by atoms with Gasteiger partial charge in [0.25, 0.3) is 5.91 Å². The van der Waals surface area contributed by atoms with Gasteiger partial charge in [-0.1, -0.05) is 18.2 Å². The molecule has 1 heterocycles. The Labute approximate surface area is 139 Å². The number of nitrogens with one attached hydrogen (secondary N) is 1. The fourth-order valence-electron chi connectivity index (χ4n) is 4.03. The van der Waals surface area contributed by atoms with Crippen molar-refractivity contribution in [2.45, 2.75) is 31.1 Å². The minimum Gasteiger partial charge on any atom is -0.322 e. The molecule has 118 valence electrons. The summed E-state index contributed by atoms with van der Waals surface area (Å²) < 4.78 is 0. The number of aromatic nitrogens is 2. The predicted molar refractivity (Wildman–Crippen MR) is 93.3 cm³/mol. The molecule has 1 amide bonds. The van der Waals surface area contributed by atoms with E-state index in [0.29, 0.717) is 17.4 Å². The van der Waals surface area contributed by atoms with Crippen molar-refractivity contribution in [3.63, 3.8) is 0 Å². The van der Waals surface area contributed by atoms with Gasteiger partial charge in [-0.05, 0) is 49.6 Å². The summed E-state index contributed by atoms with van der Waals surface area (Å²) in [4.78, 5) is 22.1. The van der Waals surface area contributed by atoms with Crippen LogP contribution in [0.4, 0.5) is 5.69 Å². The zero-order chi connectivity index (χ0) is 16.1. The highest BCUT2D eigenvalue weighted by Gasteiger charge is 2.39. The maximum atomic E-state index is 12.5. The molecule has 0 aliphatic heterocycles. The molecule has 2 aliphatic carbocycles. The number of anilines is 1. The van der Waals surface area contributed by atoms with Crippen LogP contribution in [-0.2, 0) is 0 Å². The van der Waals surface area contributed by atoms with Crippen molar-refractivity contribution < 1.29 is 4.79 Å². The van der Waals surface area contributed by atoms with Gasteiger partial charge in [0.15, 0.2) is 0 Å². The zero-order valence-corrected chi connectivity index (χ0v) is 13.2. The topological polar surface area (TPSA) is 54.9 Å². The van der Waals surface area contributed by atoms with E-state index in [1.807, 2.05) is 48.5 Å². The third kappa shape index (κ3) is 2.10. The average Bonchev–Trinajstić information content (AvgIpc) is 3.22. The number of hydrogen-bond acceptors (Lipinski definition) is 3. The molecule has 5 rings (SSSR count). The SMILES string of the molecule is O=C(Nc1ccccc1)c1ccc2nc3c(nc2c1)C1CCC3C1. The minimum atomic E-state index is -0.119. The number of amides is 1. The summed E-state index contributed by atoms with van der Waals surface area (Å²) in [5.41, 5.74) is 5.47. The normalized spacial score (nSPS) is 21.0. The quantitative estimate of drug-likeness (QED) is 0.769. The lowest BCUT2D eigenvalue weighted by Gasteiger charge is -2.14. The van der Waals surface area contributed by atoms with Crippen LogP contribution in [0.2, 0.25) is 0 Å². The number of carbonyl (C=O) groups is 1. The van der Waals surface area contributed by atoms with Gasteiger partial charge in [0, 0.05) is 23.1 Å². The third-order valence-corrected chi connectivity index (χ3v) is 5.22. The molecule has 0 spiro atoms. The maximum absolute atomic E-state index is 12.5. The van der Waals surface area contributed by atoms with Crippen LogP contribution < -0.4 is 5.32 Å². The molecule has 2 atom stereocenters. The number of carbonyl (C=O) groups excluding carboxylic acids is 1. The first-order valence-corrected chi connectivity index (χ1v) is 8.46. The van der Waals surface area contributed by atoms with Crippen LogP contribution in [0.25, 0.3) is 11.0 Å². The summed E-state index contributed by atoms with van der Waals surface area (Å²) in [5.74, 6) is 1.05. The van der Waals surface area contributed by atoms with Crippen LogP contribution in [0, 0.1) is 0 Å². The first-order valence-electron chi connectivity index (χ1n) is 8.46. The Morgan fingerprint density at radius 2 is 1.62 bits per heavy atom. The summed E-state index contributed by atoms with van der Waals surface area (Å²) in [5, 5.41) is 2.92. The van der Waals surface area contributed by atoms with E-state index in [9.17, 15) is 4.79 Å². The molecule has 1 aromatic heterocycles. The summed E-state index contributed by atoms with van der Waals surface area (Å²) in [6.45, 7) is 0. The van der Waals surface area contributed by atoms with Crippen LogP contribution in [-0.4, -0.2) is 15.9 Å². The van der Waals surface area contributed by atoms with Crippen LogP contribution in [0.3, 0.4) is 0 Å². The van der Waals surface area contributed by atoms with E-state index in [1.165, 1.54) is 30.7 Å². The summed E-state index contributed by atoms with van der Waals surface area (Å²) in [6.07, 6.45) is 3.68. The van der Waals surface area contributed by atoms with Crippen molar-refractivity contribution in [1.29, 1.82) is 0 Å². The Balaban J connectivity index is 1.51. The van der Waals surface area contributed by atoms with Crippen molar-refractivity contribution in [1.82, 2.24) is 9.97 Å². The van der Waals surface area contributed by atoms with Crippen LogP contribution in [0.5, 0.6) is 0 Å². The molecule has 4 heteroatoms. The summed E-state index contributed by atoms with van der Waals surface area (Å²) >= 11 is 0. The Kier molecular flexibility index (Phi) is 2.92. The van der Waals surface area contributed by atoms with Crippen molar-refractivity contribution in [3.8, 4) is 0 Å². The predicted octanol–water partition coefficient (Wildman–Crippen LogP) is 4.25. The molecule has 2 unspecified atom stereocenters. The molecular formula is C20H17N3O. The molecule has 0 saturated heterocycles. The molecule has 4 nitrogen and oxygen atoms in total. The van der Waals surface area contributed by atoms with Crippen LogP contribution in [0.15, 0.2) is 48.5 Å². The van der Waals surface area contributed by atoms with Crippen molar-refractivity contribution in [3.05, 3.63) is 65.5 Å². The monoisotopic (exact) mass is 315 g/mol. The number of rotatable bonds is 2. The number of para-hydroxylation sites is 1. The lowest BCUT2D eigenvalue weighted by Crippen LogP contribution is -2.12. The molecule has 2 bridgehead atoms. The van der Waals surface area contributed by atoms with Gasteiger partial charge in [-0.15, -0.1) is 0 Å². The summed E-state index contributed by atoms with van der Waals surface area (Å²) in [7, 11) is 0. The summed E-state index contributed by atoms with van der Waals surface area (Å²) in [6, 6.07) is 15.1. The van der Waals surface area contributed by atoms with Gasteiger partial charge in [0.05, 0.1) is 22.4 Å². The zero-order valence-electron chi connectivity index (χ0n) is 13.2. The van der Waals surface area contributed by atoms with Gasteiger partial charge in [-0.25, -0.2) is 9.97 Å². The van der Waals surface area contributed by atoms with Gasteiger partial charge in [0.2, 0.25) is 0 Å². The molecule has 1 N–H and O–H groups in total. The van der Waals surface area contributed by atoms with Crippen molar-refractivity contribution >= 4 is 22.6 Å². The molecular weight excluding hydrogens is 298 g/mol. The molecule has 2 aliphatic rings. The molecule has 3 aromatic rings. The van der Waals surface area contributed by atoms with E-state index in [0.717, 1.165) is 16.7 Å². The van der Waals surface area contributed by atoms with E-state index < -0.39 is 0 Å². The standard InChI is InChI=1S/C20H17N3O/c24-20(21-15-4-2-1-3-5-15)14-8-9-16-17(11-14)23-19-13-7-6-12(10-13)18(19)22-16/h1-5,8-9,11-13H,6-7,10H2,(H,21,24). The second-order valence-corrected chi connectivity index (χ2v) is 6.72. The first-order chi connectivity index (χ1) is 11.8. The largest absolute Gasteiger partial charge is 0.322 e. The van der Waals surface area contributed by atoms with E-state index >= 15 is 0 Å². The van der Waals surface area contributed by atoms with Crippen molar-refractivity contribution in [2.24, 2.45) is 0 Å². The van der Waals surface area contributed by atoms with E-state index in [2.05, 4.69) is 5.32 Å². The lowest BCUT2D eigenvalue weighted by atomic mass is 10.00. The van der Waals surface area contributed by atoms with E-state index in [1.54, 1.807) is 0 Å². The third-order valence-electron chi connectivity index (χ3n) is 5.22. The molecule has 24 heavy (non-hydrogen) atoms. The number of benzene rings is 2. The van der Waals surface area contributed by atoms with E-state index in [-0.39, 0.29) is 5.91 Å². The number of fused-ring (bicyclic) bond motifs is 6. The highest BCUT2D eigenvalue weighted by Crippen LogP contribution is 2.51. The second kappa shape index (κ2) is 5.13. The molecule has 2 aromatic carbocycles. The molecule has 0 radical (unpaired) electrons. The molecule has 1 saturated carbocycles. The second-order valence-electron chi connectivity index (χ2n) is 6.72. The Bertz CT molecular complexity index is 952. The smallest absolute Gasteiger partial charge is 0.255 e. The fraction of sp³-hybridized carbons (Fsp3) is 0.250. The van der Waals surface area contributed by atoms with Gasteiger partial charge < -0.3 is 5.32 Å². The van der Waals surface area contributed by atoms with E-state index in [4.69, 9.17) is 9.97 Å². The fourth-order valence-corrected chi connectivity index (χ4v) is 4.03. The highest BCUT2D eigenvalue weighted by atomic mass is 16.1.